The van der Waals surface area contributed by atoms with E-state index < -0.39 is 190 Å². The fourth-order valence-corrected chi connectivity index (χ4v) is 17.0. The van der Waals surface area contributed by atoms with Crippen LogP contribution in [0.2, 0.25) is 0 Å². The number of rotatable bonds is 49. The second-order valence-electron chi connectivity index (χ2n) is 33.0. The van der Waals surface area contributed by atoms with E-state index in [1.807, 2.05) is 218 Å². The second-order valence-corrected chi connectivity index (χ2v) is 33.5. The minimum absolute atomic E-state index is 0.00836. The number of ether oxygens (including phenoxy) is 20. The van der Waals surface area contributed by atoms with Crippen molar-refractivity contribution in [1.82, 2.24) is 4.90 Å². The first-order chi connectivity index (χ1) is 65.2. The van der Waals surface area contributed by atoms with Crippen LogP contribution >= 0.6 is 23.2 Å². The van der Waals surface area contributed by atoms with Gasteiger partial charge in [0.1, 0.15) is 97.7 Å². The van der Waals surface area contributed by atoms with Gasteiger partial charge in [-0.05, 0) is 63.1 Å². The molecule has 133 heavy (non-hydrogen) atoms. The van der Waals surface area contributed by atoms with E-state index in [0.29, 0.717) is 12.2 Å². The Morgan fingerprint density at radius 2 is 0.632 bits per heavy atom. The standard InChI is InChI=1S/C104H115Cl2NO26/c1-4-5-6-7-8-35-54-115-102-96(122-63-77-48-29-15-30-49-77)93(120-61-75-44-25-13-26-45-75)89(118-59-73-40-21-11-22-41-73)83(128-102)68-125-103-97(123-64-78-50-31-16-32-51-78)94(121-62-76-46-27-14-28-47-76)88(117-58-72-38-19-10-20-39-72)82(129-103)67-124-101-87(107-99(112)79-52-33-34-53-80(79)100(107)113)92(119-60-74-42-23-12-24-43-74)90(81(127-101)65-114-57-71-36-17-9-18-37-71)133-104-98(126-70(3)109)95(132-86(111)56-106)91(131-85(110)55-105)84(130-104)66-116-69(2)108/h9-34,36-53,81-84,87-98,101-104H,4-8,35,54-68H2,1-3H3/t81-,82-,83-,84-,87-,88-,89-,90-,91+,92-,93+,94+,95+,96+,97+,98-,101-,102-,103+,104+/m1/s1. The Bertz CT molecular complexity index is 4980. The van der Waals surface area contributed by atoms with E-state index in [2.05, 4.69) is 6.92 Å². The van der Waals surface area contributed by atoms with Crippen LogP contribution in [0.1, 0.15) is 125 Å². The van der Waals surface area contributed by atoms with E-state index in [-0.39, 0.29) is 70.6 Å². The van der Waals surface area contributed by atoms with Crippen molar-refractivity contribution in [1.29, 1.82) is 0 Å². The summed E-state index contributed by atoms with van der Waals surface area (Å²) in [5, 5.41) is 0. The zero-order chi connectivity index (χ0) is 92.5. The molecule has 9 aromatic carbocycles. The van der Waals surface area contributed by atoms with E-state index >= 15 is 9.59 Å². The number of imide groups is 1. The highest BCUT2D eigenvalue weighted by atomic mass is 35.5. The molecule has 2 amide bonds. The highest BCUT2D eigenvalue weighted by molar-refractivity contribution is 6.26. The van der Waals surface area contributed by atoms with Crippen LogP contribution in [0, 0.1) is 0 Å². The van der Waals surface area contributed by atoms with Gasteiger partial charge in [-0.15, -0.1) is 23.2 Å². The van der Waals surface area contributed by atoms with Crippen molar-refractivity contribution in [3.63, 3.8) is 0 Å². The topological polar surface area (TPSA) is 290 Å². The number of carbonyl (C=O) groups excluding carboxylic acids is 6. The summed E-state index contributed by atoms with van der Waals surface area (Å²) < 4.78 is 139. The van der Waals surface area contributed by atoms with Gasteiger partial charge < -0.3 is 94.7 Å². The molecule has 29 heteroatoms. The Kier molecular flexibility index (Phi) is 38.4. The molecule has 5 aliphatic rings. The van der Waals surface area contributed by atoms with E-state index in [1.54, 1.807) is 36.4 Å². The lowest BCUT2D eigenvalue weighted by molar-refractivity contribution is -0.367. The van der Waals surface area contributed by atoms with Crippen LogP contribution in [0.3, 0.4) is 0 Å². The van der Waals surface area contributed by atoms with Gasteiger partial charge in [0.15, 0.2) is 43.5 Å². The summed E-state index contributed by atoms with van der Waals surface area (Å²) in [6.45, 7) is 2.97. The molecule has 5 heterocycles. The quantitative estimate of drug-likeness (QED) is 0.0112. The third-order valence-electron chi connectivity index (χ3n) is 23.3. The molecule has 4 saturated heterocycles. The van der Waals surface area contributed by atoms with E-state index in [9.17, 15) is 19.2 Å². The Labute approximate surface area is 785 Å². The highest BCUT2D eigenvalue weighted by Crippen LogP contribution is 2.42. The zero-order valence-electron chi connectivity index (χ0n) is 74.6. The molecule has 0 N–H and O–H groups in total. The minimum atomic E-state index is -1.97. The molecule has 0 radical (unpaired) electrons. The Balaban J connectivity index is 0.900. The van der Waals surface area contributed by atoms with E-state index in [4.69, 9.17) is 118 Å². The van der Waals surface area contributed by atoms with Gasteiger partial charge in [0.25, 0.3) is 11.8 Å². The van der Waals surface area contributed by atoms with Crippen LogP contribution in [0.25, 0.3) is 0 Å². The van der Waals surface area contributed by atoms with Crippen LogP contribution in [-0.4, -0.2) is 208 Å². The number of unbranched alkanes of at least 4 members (excludes halogenated alkanes) is 5. The minimum Gasteiger partial charge on any atom is -0.463 e. The summed E-state index contributed by atoms with van der Waals surface area (Å²) in [6.07, 6.45) is -20.7. The van der Waals surface area contributed by atoms with Crippen LogP contribution in [0.4, 0.5) is 0 Å². The molecule has 5 aliphatic heterocycles. The second kappa shape index (κ2) is 51.6. The predicted molar refractivity (Wildman–Crippen MR) is 486 cm³/mol. The van der Waals surface area contributed by atoms with Gasteiger partial charge in [0, 0.05) is 20.5 Å². The van der Waals surface area contributed by atoms with E-state index in [1.165, 1.54) is 12.1 Å². The molecule has 27 nitrogen and oxygen atoms in total. The normalized spacial score (nSPS) is 25.7. The van der Waals surface area contributed by atoms with Crippen molar-refractivity contribution in [2.24, 2.45) is 0 Å². The first-order valence-corrected chi connectivity index (χ1v) is 46.3. The molecule has 706 valence electrons. The van der Waals surface area contributed by atoms with Gasteiger partial charge in [0.05, 0.1) is 83.8 Å². The first kappa shape index (κ1) is 98.9. The summed E-state index contributed by atoms with van der Waals surface area (Å²) in [4.78, 5) is 86.5. The molecule has 0 aromatic heterocycles. The number of hydrogen-bond acceptors (Lipinski definition) is 26. The predicted octanol–water partition coefficient (Wildman–Crippen LogP) is 15.5. The number of nitrogens with zero attached hydrogens (tertiary/aromatic N) is 1. The number of fused-ring (bicyclic) bond motifs is 1. The highest BCUT2D eigenvalue weighted by Gasteiger charge is 2.61. The van der Waals surface area contributed by atoms with Gasteiger partial charge in [-0.3, -0.25) is 33.7 Å². The monoisotopic (exact) mass is 1860 g/mol. The maximum absolute atomic E-state index is 15.9. The lowest BCUT2D eigenvalue weighted by Crippen LogP contribution is -2.70. The zero-order valence-corrected chi connectivity index (χ0v) is 76.1. The Morgan fingerprint density at radius 3 is 1.04 bits per heavy atom. The number of carbonyl (C=O) groups is 6. The van der Waals surface area contributed by atoms with Crippen molar-refractivity contribution >= 4 is 58.9 Å². The van der Waals surface area contributed by atoms with Crippen molar-refractivity contribution in [2.75, 3.05) is 44.8 Å². The summed E-state index contributed by atoms with van der Waals surface area (Å²) in [7, 11) is 0. The van der Waals surface area contributed by atoms with Crippen LogP contribution in [0.5, 0.6) is 0 Å². The first-order valence-electron chi connectivity index (χ1n) is 45.3. The number of amides is 2. The number of esters is 4. The molecule has 14 rings (SSSR count). The number of alkyl halides is 2. The fourth-order valence-electron chi connectivity index (χ4n) is 16.8. The van der Waals surface area contributed by atoms with Crippen molar-refractivity contribution < 1.29 is 124 Å². The van der Waals surface area contributed by atoms with Crippen LogP contribution in [0.15, 0.2) is 267 Å². The summed E-state index contributed by atoms with van der Waals surface area (Å²) in [5.41, 5.74) is 6.46. The number of hydrogen-bond donors (Lipinski definition) is 0. The Hall–Kier alpha value is -10.1. The average molecular weight is 1870 g/mol. The average Bonchev–Trinajstić information content (AvgIpc) is 1.61. The summed E-state index contributed by atoms with van der Waals surface area (Å²) in [6, 6.07) is 81.2. The van der Waals surface area contributed by atoms with Crippen molar-refractivity contribution in [2.45, 2.75) is 235 Å². The molecule has 0 aliphatic carbocycles. The molecule has 9 aromatic rings. The van der Waals surface area contributed by atoms with E-state index in [0.717, 1.165) is 96.2 Å². The molecule has 0 bridgehead atoms. The van der Waals surface area contributed by atoms with Crippen LogP contribution < -0.4 is 0 Å². The third-order valence-corrected chi connectivity index (χ3v) is 23.8. The third kappa shape index (κ3) is 28.1. The number of halogens is 2. The van der Waals surface area contributed by atoms with Crippen molar-refractivity contribution in [3.8, 4) is 0 Å². The molecule has 0 saturated carbocycles. The van der Waals surface area contributed by atoms with Gasteiger partial charge >= 0.3 is 23.9 Å². The summed E-state index contributed by atoms with van der Waals surface area (Å²) in [5.74, 6) is -6.93. The maximum atomic E-state index is 15.9. The summed E-state index contributed by atoms with van der Waals surface area (Å²) >= 11 is 12.2. The number of benzene rings is 9. The molecular weight excluding hydrogens is 1750 g/mol. The van der Waals surface area contributed by atoms with Crippen LogP contribution in [-0.2, 0) is 167 Å². The SMILES string of the molecule is CCCCCCCCO[C@@H]1O[C@H](CO[C@H]2O[C@H](CO[C@@H]3O[C@H](COCc4ccccc4)[C@@H](O[C@@H]4O[C@H](COC(C)=O)[C@H](OC(=O)CCl)[C@H](OC(=O)CCl)[C@H]4OC(C)=O)[C@H](OCc4ccccc4)[C@H]3N3C(=O)c4ccccc4C3=O)[C@@H](OCc3ccccc3)[C@H](OCc3ccccc3)[C@@H]2OCc2ccccc2)[C@@H](OCc2ccccc2)[C@H](OCc2ccccc2)[C@@H]1OCc1ccccc1. The molecule has 4 fully saturated rings. The largest absolute Gasteiger partial charge is 0.463 e. The lowest BCUT2D eigenvalue weighted by atomic mass is 9.93. The molecular formula is C104H115Cl2NO26. The van der Waals surface area contributed by atoms with Gasteiger partial charge in [0.2, 0.25) is 0 Å². The van der Waals surface area contributed by atoms with Gasteiger partial charge in [-0.1, -0.05) is 294 Å². The molecule has 0 spiro atoms. The molecule has 0 unspecified atom stereocenters. The van der Waals surface area contributed by atoms with Gasteiger partial charge in [-0.2, -0.15) is 0 Å². The van der Waals surface area contributed by atoms with Crippen molar-refractivity contribution in [3.05, 3.63) is 323 Å². The lowest BCUT2D eigenvalue weighted by Gasteiger charge is -2.51. The maximum Gasteiger partial charge on any atom is 0.321 e. The fraction of sp³-hybridized carbons (Fsp3) is 0.423. The van der Waals surface area contributed by atoms with Gasteiger partial charge in [-0.25, -0.2) is 0 Å². The smallest absolute Gasteiger partial charge is 0.321 e. The Morgan fingerprint density at radius 1 is 0.301 bits per heavy atom. The molecule has 20 atom stereocenters.